The fraction of sp³-hybridized carbons (Fsp3) is 0.636. The van der Waals surface area contributed by atoms with Gasteiger partial charge < -0.3 is 10.6 Å². The van der Waals surface area contributed by atoms with Crippen LogP contribution in [0, 0.1) is 6.92 Å². The summed E-state index contributed by atoms with van der Waals surface area (Å²) < 4.78 is 0. The Morgan fingerprint density at radius 3 is 2.69 bits per heavy atom. The molecule has 2 N–H and O–H groups in total. The van der Waals surface area contributed by atoms with E-state index in [-0.39, 0.29) is 0 Å². The second-order valence-electron chi connectivity index (χ2n) is 3.53. The molecule has 16 heavy (non-hydrogen) atoms. The average Bonchev–Trinajstić information content (AvgIpc) is 2.66. The zero-order valence-electron chi connectivity index (χ0n) is 10.2. The van der Waals surface area contributed by atoms with Gasteiger partial charge in [-0.05, 0) is 20.8 Å². The molecule has 0 spiro atoms. The van der Waals surface area contributed by atoms with E-state index in [0.29, 0.717) is 5.96 Å². The van der Waals surface area contributed by atoms with Gasteiger partial charge in [0.25, 0.3) is 0 Å². The lowest BCUT2D eigenvalue weighted by Gasteiger charge is -2.19. The van der Waals surface area contributed by atoms with Crippen molar-refractivity contribution >= 4 is 17.3 Å². The second-order valence-corrected chi connectivity index (χ2v) is 4.85. The third-order valence-electron chi connectivity index (χ3n) is 2.36. The van der Waals surface area contributed by atoms with Crippen LogP contribution in [0.15, 0.2) is 11.2 Å². The van der Waals surface area contributed by atoms with Gasteiger partial charge in [0.2, 0.25) is 0 Å². The topological polar surface area (TPSA) is 54.5 Å². The quantitative estimate of drug-likeness (QED) is 0.629. The zero-order chi connectivity index (χ0) is 12.0. The number of aryl methyl sites for hydroxylation is 1. The van der Waals surface area contributed by atoms with Crippen LogP contribution in [0.5, 0.6) is 0 Å². The first-order chi connectivity index (χ1) is 7.67. The minimum Gasteiger partial charge on any atom is -0.370 e. The van der Waals surface area contributed by atoms with E-state index in [4.69, 9.17) is 5.73 Å². The summed E-state index contributed by atoms with van der Waals surface area (Å²) in [7, 11) is 0. The van der Waals surface area contributed by atoms with Crippen molar-refractivity contribution in [2.75, 3.05) is 19.6 Å². The smallest absolute Gasteiger partial charge is 0.191 e. The van der Waals surface area contributed by atoms with Gasteiger partial charge >= 0.3 is 0 Å². The molecule has 0 saturated carbocycles. The predicted octanol–water partition coefficient (Wildman–Crippen LogP) is 1.65. The predicted molar refractivity (Wildman–Crippen MR) is 70.0 cm³/mol. The van der Waals surface area contributed by atoms with E-state index in [0.717, 1.165) is 31.1 Å². The summed E-state index contributed by atoms with van der Waals surface area (Å²) in [5, 5.41) is 1.13. The Labute approximate surface area is 101 Å². The molecule has 0 radical (unpaired) electrons. The van der Waals surface area contributed by atoms with E-state index in [2.05, 4.69) is 30.7 Å². The van der Waals surface area contributed by atoms with Crippen LogP contribution in [-0.4, -0.2) is 35.5 Å². The molecular weight excluding hydrogens is 220 g/mol. The largest absolute Gasteiger partial charge is 0.370 e. The summed E-state index contributed by atoms with van der Waals surface area (Å²) in [6.45, 7) is 8.75. The third-order valence-corrected chi connectivity index (χ3v) is 3.33. The minimum absolute atomic E-state index is 0.637. The lowest BCUT2D eigenvalue weighted by Crippen LogP contribution is -2.37. The van der Waals surface area contributed by atoms with Crippen LogP contribution in [0.2, 0.25) is 0 Å². The number of rotatable bonds is 5. The molecule has 4 nitrogen and oxygen atoms in total. The van der Waals surface area contributed by atoms with Crippen molar-refractivity contribution in [3.8, 4) is 0 Å². The summed E-state index contributed by atoms with van der Waals surface area (Å²) in [4.78, 5) is 11.9. The van der Waals surface area contributed by atoms with Crippen LogP contribution in [-0.2, 0) is 6.42 Å². The molecule has 0 aliphatic carbocycles. The monoisotopic (exact) mass is 240 g/mol. The van der Waals surface area contributed by atoms with Gasteiger partial charge in [0.15, 0.2) is 5.96 Å². The molecule has 0 unspecified atom stereocenters. The molecule has 90 valence electrons. The minimum atomic E-state index is 0.637. The van der Waals surface area contributed by atoms with E-state index >= 15 is 0 Å². The number of aromatic nitrogens is 1. The Morgan fingerprint density at radius 2 is 2.19 bits per heavy atom. The van der Waals surface area contributed by atoms with Crippen LogP contribution in [0.25, 0.3) is 0 Å². The van der Waals surface area contributed by atoms with Gasteiger partial charge in [-0.1, -0.05) is 0 Å². The van der Waals surface area contributed by atoms with Gasteiger partial charge in [-0.15, -0.1) is 11.3 Å². The first kappa shape index (κ1) is 13.0. The summed E-state index contributed by atoms with van der Waals surface area (Å²) in [6.07, 6.45) is 2.78. The highest BCUT2D eigenvalue weighted by Gasteiger charge is 2.02. The van der Waals surface area contributed by atoms with E-state index < -0.39 is 0 Å². The van der Waals surface area contributed by atoms with Gasteiger partial charge in [-0.2, -0.15) is 0 Å². The van der Waals surface area contributed by atoms with Crippen molar-refractivity contribution in [2.24, 2.45) is 10.7 Å². The molecule has 0 aliphatic rings. The summed E-state index contributed by atoms with van der Waals surface area (Å²) in [5.41, 5.74) is 5.87. The maximum atomic E-state index is 5.87. The van der Waals surface area contributed by atoms with Crippen molar-refractivity contribution < 1.29 is 0 Å². The molecule has 0 bridgehead atoms. The van der Waals surface area contributed by atoms with Crippen molar-refractivity contribution in [3.05, 3.63) is 16.1 Å². The van der Waals surface area contributed by atoms with Gasteiger partial charge in [0.1, 0.15) is 0 Å². The summed E-state index contributed by atoms with van der Waals surface area (Å²) >= 11 is 1.72. The first-order valence-electron chi connectivity index (χ1n) is 5.63. The highest BCUT2D eigenvalue weighted by atomic mass is 32.1. The van der Waals surface area contributed by atoms with Crippen LogP contribution in [0.3, 0.4) is 0 Å². The van der Waals surface area contributed by atoms with Crippen molar-refractivity contribution in [1.82, 2.24) is 9.88 Å². The Balaban J connectivity index is 2.41. The normalized spacial score (nSPS) is 11.8. The summed E-state index contributed by atoms with van der Waals surface area (Å²) in [5.74, 6) is 0.637. The van der Waals surface area contributed by atoms with E-state index in [1.165, 1.54) is 4.88 Å². The maximum Gasteiger partial charge on any atom is 0.191 e. The zero-order valence-corrected chi connectivity index (χ0v) is 11.0. The second kappa shape index (κ2) is 6.48. The molecule has 1 aromatic heterocycles. The highest BCUT2D eigenvalue weighted by Crippen LogP contribution is 2.11. The average molecular weight is 240 g/mol. The number of nitrogens with two attached hydrogens (primary N) is 1. The molecular formula is C11H20N4S. The molecule has 0 atom stereocenters. The Hall–Kier alpha value is -1.10. The molecule has 0 aliphatic heterocycles. The molecule has 0 fully saturated rings. The number of nitrogens with zero attached hydrogens (tertiary/aromatic N) is 3. The lowest BCUT2D eigenvalue weighted by atomic mass is 10.4. The molecule has 0 aromatic carbocycles. The number of hydrogen-bond acceptors (Lipinski definition) is 3. The molecule has 0 saturated heterocycles. The lowest BCUT2D eigenvalue weighted by molar-refractivity contribution is 0.458. The molecule has 1 heterocycles. The van der Waals surface area contributed by atoms with Crippen molar-refractivity contribution in [3.63, 3.8) is 0 Å². The maximum absolute atomic E-state index is 5.87. The molecule has 1 aromatic rings. The van der Waals surface area contributed by atoms with E-state index in [1.54, 1.807) is 11.3 Å². The van der Waals surface area contributed by atoms with Gasteiger partial charge in [-0.25, -0.2) is 4.98 Å². The van der Waals surface area contributed by atoms with Gasteiger partial charge in [-0.3, -0.25) is 4.99 Å². The number of thiazole rings is 1. The first-order valence-corrected chi connectivity index (χ1v) is 6.45. The SMILES string of the molecule is CCN(CC)C(N)=NCCc1ncc(C)s1. The standard InChI is InChI=1S/C11H20N4S/c1-4-15(5-2)11(12)13-7-6-10-14-8-9(3)16-10/h8H,4-7H2,1-3H3,(H2,12,13). The van der Waals surface area contributed by atoms with E-state index in [9.17, 15) is 0 Å². The van der Waals surface area contributed by atoms with Gasteiger partial charge in [0.05, 0.1) is 5.01 Å². The number of hydrogen-bond donors (Lipinski definition) is 1. The Morgan fingerprint density at radius 1 is 1.50 bits per heavy atom. The third kappa shape index (κ3) is 3.81. The Bertz CT molecular complexity index is 342. The number of guanidine groups is 1. The van der Waals surface area contributed by atoms with Gasteiger partial charge in [0, 0.05) is 37.1 Å². The number of aliphatic imine (C=N–C) groups is 1. The van der Waals surface area contributed by atoms with Crippen LogP contribution < -0.4 is 5.73 Å². The van der Waals surface area contributed by atoms with Crippen LogP contribution in [0.1, 0.15) is 23.7 Å². The molecule has 5 heteroatoms. The molecule has 0 amide bonds. The van der Waals surface area contributed by atoms with Crippen LogP contribution >= 0.6 is 11.3 Å². The molecule has 1 rings (SSSR count). The van der Waals surface area contributed by atoms with E-state index in [1.807, 2.05) is 11.1 Å². The Kier molecular flexibility index (Phi) is 5.25. The van der Waals surface area contributed by atoms with Crippen LogP contribution in [0.4, 0.5) is 0 Å². The van der Waals surface area contributed by atoms with Crippen molar-refractivity contribution in [2.45, 2.75) is 27.2 Å². The van der Waals surface area contributed by atoms with Crippen molar-refractivity contribution in [1.29, 1.82) is 0 Å². The summed E-state index contributed by atoms with van der Waals surface area (Å²) in [6, 6.07) is 0. The highest BCUT2D eigenvalue weighted by molar-refractivity contribution is 7.11. The fourth-order valence-corrected chi connectivity index (χ4v) is 2.21. The fourth-order valence-electron chi connectivity index (χ4n) is 1.43.